The molecule has 3 aromatic rings. The summed E-state index contributed by atoms with van der Waals surface area (Å²) in [6.45, 7) is 1.88. The molecule has 0 radical (unpaired) electrons. The van der Waals surface area contributed by atoms with Crippen molar-refractivity contribution in [3.05, 3.63) is 78.1 Å². The van der Waals surface area contributed by atoms with Crippen LogP contribution in [0.3, 0.4) is 0 Å². The summed E-state index contributed by atoms with van der Waals surface area (Å²) in [6, 6.07) is 17.3. The van der Waals surface area contributed by atoms with Gasteiger partial charge in [-0.05, 0) is 60.5 Å². The number of benzene rings is 2. The molecule has 0 bridgehead atoms. The van der Waals surface area contributed by atoms with E-state index in [0.29, 0.717) is 11.5 Å². The SMILES string of the molecule is COc1cc(C)ccc1OCC(=O)Nc1ccc(SCc2cccnc2)cc1. The summed E-state index contributed by atoms with van der Waals surface area (Å²) in [7, 11) is 1.58. The third-order valence-corrected chi connectivity index (χ3v) is 5.03. The van der Waals surface area contributed by atoms with Crippen LogP contribution in [-0.2, 0) is 10.5 Å². The van der Waals surface area contributed by atoms with Crippen molar-refractivity contribution in [1.82, 2.24) is 4.98 Å². The van der Waals surface area contributed by atoms with E-state index in [0.717, 1.165) is 21.9 Å². The van der Waals surface area contributed by atoms with Crippen molar-refractivity contribution in [3.8, 4) is 11.5 Å². The first-order valence-electron chi connectivity index (χ1n) is 8.83. The predicted octanol–water partition coefficient (Wildman–Crippen LogP) is 4.71. The van der Waals surface area contributed by atoms with Gasteiger partial charge in [0.15, 0.2) is 18.1 Å². The summed E-state index contributed by atoms with van der Waals surface area (Å²) in [5.74, 6) is 1.79. The molecule has 0 unspecified atom stereocenters. The Bertz CT molecular complexity index is 915. The number of nitrogens with one attached hydrogen (secondary N) is 1. The van der Waals surface area contributed by atoms with Crippen LogP contribution < -0.4 is 14.8 Å². The maximum absolute atomic E-state index is 12.2. The number of carbonyl (C=O) groups excluding carboxylic acids is 1. The number of amides is 1. The number of nitrogens with zero attached hydrogens (tertiary/aromatic N) is 1. The van der Waals surface area contributed by atoms with Gasteiger partial charge in [-0.3, -0.25) is 9.78 Å². The molecule has 0 saturated carbocycles. The fourth-order valence-electron chi connectivity index (χ4n) is 2.52. The minimum Gasteiger partial charge on any atom is -0.493 e. The van der Waals surface area contributed by atoms with E-state index in [1.54, 1.807) is 31.1 Å². The Morgan fingerprint density at radius 1 is 1.11 bits per heavy atom. The number of ether oxygens (including phenoxy) is 2. The zero-order chi connectivity index (χ0) is 19.8. The standard InChI is InChI=1S/C22H22N2O3S/c1-16-5-10-20(21(12-16)26-2)27-14-22(25)24-18-6-8-19(9-7-18)28-15-17-4-3-11-23-13-17/h3-13H,14-15H2,1-2H3,(H,24,25). The normalized spacial score (nSPS) is 10.4. The monoisotopic (exact) mass is 394 g/mol. The summed E-state index contributed by atoms with van der Waals surface area (Å²) >= 11 is 1.72. The van der Waals surface area contributed by atoms with Gasteiger partial charge in [0, 0.05) is 28.7 Å². The van der Waals surface area contributed by atoms with Crippen molar-refractivity contribution >= 4 is 23.4 Å². The molecule has 1 aromatic heterocycles. The van der Waals surface area contributed by atoms with E-state index in [1.807, 2.05) is 55.6 Å². The molecule has 0 aliphatic rings. The van der Waals surface area contributed by atoms with Crippen molar-refractivity contribution in [2.45, 2.75) is 17.6 Å². The van der Waals surface area contributed by atoms with Crippen LogP contribution in [0.2, 0.25) is 0 Å². The first-order valence-corrected chi connectivity index (χ1v) is 9.81. The lowest BCUT2D eigenvalue weighted by Crippen LogP contribution is -2.20. The van der Waals surface area contributed by atoms with Crippen LogP contribution in [0.4, 0.5) is 5.69 Å². The molecule has 0 aliphatic heterocycles. The van der Waals surface area contributed by atoms with Gasteiger partial charge in [0.2, 0.25) is 0 Å². The average Bonchev–Trinajstić information content (AvgIpc) is 2.73. The second kappa shape index (κ2) is 9.80. The van der Waals surface area contributed by atoms with Gasteiger partial charge >= 0.3 is 0 Å². The molecule has 1 heterocycles. The van der Waals surface area contributed by atoms with Crippen molar-refractivity contribution in [1.29, 1.82) is 0 Å². The quantitative estimate of drug-likeness (QED) is 0.561. The smallest absolute Gasteiger partial charge is 0.262 e. The highest BCUT2D eigenvalue weighted by molar-refractivity contribution is 7.98. The van der Waals surface area contributed by atoms with Crippen molar-refractivity contribution in [3.63, 3.8) is 0 Å². The van der Waals surface area contributed by atoms with E-state index in [1.165, 1.54) is 5.56 Å². The second-order valence-corrected chi connectivity index (χ2v) is 7.21. The summed E-state index contributed by atoms with van der Waals surface area (Å²) in [6.07, 6.45) is 3.63. The van der Waals surface area contributed by atoms with E-state index in [9.17, 15) is 4.79 Å². The number of methoxy groups -OCH3 is 1. The number of thioether (sulfide) groups is 1. The van der Waals surface area contributed by atoms with Gasteiger partial charge in [0.25, 0.3) is 5.91 Å². The van der Waals surface area contributed by atoms with Gasteiger partial charge < -0.3 is 14.8 Å². The zero-order valence-electron chi connectivity index (χ0n) is 15.8. The molecule has 0 fully saturated rings. The minimum atomic E-state index is -0.224. The Morgan fingerprint density at radius 3 is 2.64 bits per heavy atom. The van der Waals surface area contributed by atoms with Crippen LogP contribution in [0.25, 0.3) is 0 Å². The third kappa shape index (κ3) is 5.76. The van der Waals surface area contributed by atoms with Crippen LogP contribution in [0.15, 0.2) is 71.9 Å². The van der Waals surface area contributed by atoms with Crippen LogP contribution in [0, 0.1) is 6.92 Å². The minimum absolute atomic E-state index is 0.0864. The topological polar surface area (TPSA) is 60.5 Å². The van der Waals surface area contributed by atoms with Gasteiger partial charge in [-0.1, -0.05) is 12.1 Å². The molecule has 2 aromatic carbocycles. The van der Waals surface area contributed by atoms with Crippen molar-refractivity contribution in [2.75, 3.05) is 19.0 Å². The second-order valence-electron chi connectivity index (χ2n) is 6.17. The Balaban J connectivity index is 1.49. The third-order valence-electron chi connectivity index (χ3n) is 3.94. The molecule has 0 aliphatic carbocycles. The molecule has 28 heavy (non-hydrogen) atoms. The number of anilines is 1. The largest absolute Gasteiger partial charge is 0.493 e. The number of rotatable bonds is 8. The molecule has 3 rings (SSSR count). The summed E-state index contributed by atoms with van der Waals surface area (Å²) in [4.78, 5) is 17.4. The zero-order valence-corrected chi connectivity index (χ0v) is 16.7. The molecule has 5 nitrogen and oxygen atoms in total. The first kappa shape index (κ1) is 19.8. The van der Waals surface area contributed by atoms with Gasteiger partial charge in [-0.2, -0.15) is 0 Å². The number of hydrogen-bond acceptors (Lipinski definition) is 5. The Hall–Kier alpha value is -2.99. The van der Waals surface area contributed by atoms with Gasteiger partial charge in [-0.25, -0.2) is 0 Å². The maximum atomic E-state index is 12.2. The number of carbonyl (C=O) groups is 1. The molecule has 144 valence electrons. The van der Waals surface area contributed by atoms with Crippen molar-refractivity contribution < 1.29 is 14.3 Å². The highest BCUT2D eigenvalue weighted by atomic mass is 32.2. The Morgan fingerprint density at radius 2 is 1.93 bits per heavy atom. The highest BCUT2D eigenvalue weighted by Crippen LogP contribution is 2.28. The molecular weight excluding hydrogens is 372 g/mol. The molecule has 0 spiro atoms. The lowest BCUT2D eigenvalue weighted by atomic mass is 10.2. The lowest BCUT2D eigenvalue weighted by molar-refractivity contribution is -0.118. The first-order chi connectivity index (χ1) is 13.6. The van der Waals surface area contributed by atoms with Gasteiger partial charge in [0.05, 0.1) is 7.11 Å². The molecule has 0 atom stereocenters. The Labute approximate surface area is 169 Å². The number of pyridine rings is 1. The van der Waals surface area contributed by atoms with Crippen LogP contribution >= 0.6 is 11.8 Å². The van der Waals surface area contributed by atoms with E-state index < -0.39 is 0 Å². The van der Waals surface area contributed by atoms with Gasteiger partial charge in [0.1, 0.15) is 0 Å². The van der Waals surface area contributed by atoms with Crippen LogP contribution in [0.5, 0.6) is 11.5 Å². The molecular formula is C22H22N2O3S. The molecule has 1 N–H and O–H groups in total. The van der Waals surface area contributed by atoms with E-state index in [-0.39, 0.29) is 12.5 Å². The number of hydrogen-bond donors (Lipinski definition) is 1. The van der Waals surface area contributed by atoms with Crippen LogP contribution in [-0.4, -0.2) is 24.6 Å². The maximum Gasteiger partial charge on any atom is 0.262 e. The summed E-state index contributed by atoms with van der Waals surface area (Å²) in [5.41, 5.74) is 2.97. The van der Waals surface area contributed by atoms with Crippen LogP contribution in [0.1, 0.15) is 11.1 Å². The predicted molar refractivity (Wildman–Crippen MR) is 112 cm³/mol. The van der Waals surface area contributed by atoms with Gasteiger partial charge in [-0.15, -0.1) is 11.8 Å². The summed E-state index contributed by atoms with van der Waals surface area (Å²) < 4.78 is 10.9. The Kier molecular flexibility index (Phi) is 6.92. The van der Waals surface area contributed by atoms with E-state index in [2.05, 4.69) is 16.4 Å². The van der Waals surface area contributed by atoms with Crippen molar-refractivity contribution in [2.24, 2.45) is 0 Å². The molecule has 0 saturated heterocycles. The fourth-order valence-corrected chi connectivity index (χ4v) is 3.35. The average molecular weight is 394 g/mol. The fraction of sp³-hybridized carbons (Fsp3) is 0.182. The molecule has 6 heteroatoms. The number of aryl methyl sites for hydroxylation is 1. The number of aromatic nitrogens is 1. The summed E-state index contributed by atoms with van der Waals surface area (Å²) in [5, 5.41) is 2.84. The van der Waals surface area contributed by atoms with E-state index in [4.69, 9.17) is 9.47 Å². The molecule has 1 amide bonds. The van der Waals surface area contributed by atoms with E-state index >= 15 is 0 Å². The lowest BCUT2D eigenvalue weighted by Gasteiger charge is -2.11. The highest BCUT2D eigenvalue weighted by Gasteiger charge is 2.08.